The second kappa shape index (κ2) is 5.59. The fraction of sp³-hybridized carbons (Fsp3) is 0.267. The molecule has 0 radical (unpaired) electrons. The molecule has 0 amide bonds. The summed E-state index contributed by atoms with van der Waals surface area (Å²) in [5, 5.41) is 0.393. The third kappa shape index (κ3) is 2.24. The number of anilines is 1. The normalized spacial score (nSPS) is 14.0. The summed E-state index contributed by atoms with van der Waals surface area (Å²) in [5.74, 6) is 0.237. The van der Waals surface area contributed by atoms with E-state index in [0.717, 1.165) is 5.57 Å². The Labute approximate surface area is 126 Å². The molecule has 0 spiro atoms. The Morgan fingerprint density at radius 2 is 2.05 bits per heavy atom. The number of dihydropyridines is 1. The number of nitrogen functional groups attached to an aromatic ring is 1. The number of hydrogen-bond donors (Lipinski definition) is 1. The molecule has 2 N–H and O–H groups in total. The van der Waals surface area contributed by atoms with Crippen LogP contribution >= 0.6 is 0 Å². The molecule has 0 saturated heterocycles. The molecular formula is C15H15FN4O2. The summed E-state index contributed by atoms with van der Waals surface area (Å²) in [5.41, 5.74) is 6.96. The highest BCUT2D eigenvalue weighted by Crippen LogP contribution is 2.37. The predicted molar refractivity (Wildman–Crippen MR) is 83.0 cm³/mol. The quantitative estimate of drug-likeness (QED) is 0.940. The molecule has 3 rings (SSSR count). The Balaban J connectivity index is 2.25. The van der Waals surface area contributed by atoms with E-state index in [1.54, 1.807) is 12.3 Å². The van der Waals surface area contributed by atoms with E-state index in [0.29, 0.717) is 24.2 Å². The van der Waals surface area contributed by atoms with Gasteiger partial charge in [0.15, 0.2) is 23.1 Å². The first-order valence-electron chi connectivity index (χ1n) is 6.71. The number of aliphatic imine (C=N–C) groups is 1. The van der Waals surface area contributed by atoms with E-state index in [-0.39, 0.29) is 22.8 Å². The lowest BCUT2D eigenvalue weighted by Crippen LogP contribution is -2.05. The largest absolute Gasteiger partial charge is 0.493 e. The minimum Gasteiger partial charge on any atom is -0.493 e. The number of halogens is 1. The van der Waals surface area contributed by atoms with E-state index in [4.69, 9.17) is 15.2 Å². The number of nitrogens with zero attached hydrogens (tertiary/aromatic N) is 3. The molecule has 1 aliphatic rings. The van der Waals surface area contributed by atoms with Crippen molar-refractivity contribution in [3.8, 4) is 11.5 Å². The lowest BCUT2D eigenvalue weighted by atomic mass is 10.1. The fourth-order valence-electron chi connectivity index (χ4n) is 2.36. The van der Waals surface area contributed by atoms with Crippen LogP contribution in [-0.2, 0) is 0 Å². The summed E-state index contributed by atoms with van der Waals surface area (Å²) < 4.78 is 24.8. The van der Waals surface area contributed by atoms with Gasteiger partial charge in [-0.2, -0.15) is 0 Å². The maximum Gasteiger partial charge on any atom is 0.199 e. The maximum atomic E-state index is 14.6. The lowest BCUT2D eigenvalue weighted by Gasteiger charge is -2.13. The van der Waals surface area contributed by atoms with Crippen LogP contribution in [0.5, 0.6) is 11.5 Å². The van der Waals surface area contributed by atoms with Gasteiger partial charge in [0.1, 0.15) is 11.3 Å². The number of methoxy groups -OCH3 is 2. The van der Waals surface area contributed by atoms with Gasteiger partial charge in [-0.1, -0.05) is 6.08 Å². The number of hydrogen-bond acceptors (Lipinski definition) is 6. The first kappa shape index (κ1) is 14.2. The third-order valence-corrected chi connectivity index (χ3v) is 3.48. The highest BCUT2D eigenvalue weighted by atomic mass is 19.1. The molecule has 0 fully saturated rings. The molecule has 1 aromatic heterocycles. The van der Waals surface area contributed by atoms with Crippen molar-refractivity contribution in [3.63, 3.8) is 0 Å². The summed E-state index contributed by atoms with van der Waals surface area (Å²) >= 11 is 0. The van der Waals surface area contributed by atoms with Crippen LogP contribution < -0.4 is 15.2 Å². The van der Waals surface area contributed by atoms with Crippen molar-refractivity contribution in [2.75, 3.05) is 26.5 Å². The molecule has 1 aromatic carbocycles. The van der Waals surface area contributed by atoms with Crippen molar-refractivity contribution >= 4 is 28.5 Å². The van der Waals surface area contributed by atoms with Gasteiger partial charge in [0, 0.05) is 23.6 Å². The third-order valence-electron chi connectivity index (χ3n) is 3.48. The number of nitrogens with two attached hydrogens (primary N) is 1. The van der Waals surface area contributed by atoms with Crippen LogP contribution in [0, 0.1) is 5.82 Å². The summed E-state index contributed by atoms with van der Waals surface area (Å²) in [4.78, 5) is 12.7. The van der Waals surface area contributed by atoms with Gasteiger partial charge < -0.3 is 15.2 Å². The monoisotopic (exact) mass is 302 g/mol. The molecule has 6 nitrogen and oxygen atoms in total. The van der Waals surface area contributed by atoms with Crippen LogP contribution in [0.25, 0.3) is 16.5 Å². The Kier molecular flexibility index (Phi) is 3.62. The minimum atomic E-state index is -0.614. The molecule has 2 heterocycles. The maximum absolute atomic E-state index is 14.6. The summed E-state index contributed by atoms with van der Waals surface area (Å²) in [7, 11) is 2.80. The zero-order valence-corrected chi connectivity index (χ0v) is 12.3. The van der Waals surface area contributed by atoms with Crippen LogP contribution in [0.1, 0.15) is 12.2 Å². The standard InChI is InChI=1S/C15H15FN4O2/c1-21-10-7-9-12(11(16)13(10)22-2)19-15(20-14(9)17)8-3-5-18-6-4-8/h3,6-7H,4-5H2,1-2H3,(H2,17,19,20). The fourth-order valence-corrected chi connectivity index (χ4v) is 2.36. The molecule has 0 aliphatic carbocycles. The van der Waals surface area contributed by atoms with E-state index in [1.165, 1.54) is 14.2 Å². The van der Waals surface area contributed by atoms with Gasteiger partial charge in [0.05, 0.1) is 20.8 Å². The van der Waals surface area contributed by atoms with Crippen molar-refractivity contribution in [1.29, 1.82) is 0 Å². The second-order valence-electron chi connectivity index (χ2n) is 4.74. The number of ether oxygens (including phenoxy) is 2. The molecule has 0 atom stereocenters. The van der Waals surface area contributed by atoms with Crippen molar-refractivity contribution < 1.29 is 13.9 Å². The van der Waals surface area contributed by atoms with Crippen molar-refractivity contribution in [3.05, 3.63) is 23.8 Å². The van der Waals surface area contributed by atoms with Gasteiger partial charge in [-0.15, -0.1) is 0 Å². The number of fused-ring (bicyclic) bond motifs is 1. The first-order valence-corrected chi connectivity index (χ1v) is 6.71. The van der Waals surface area contributed by atoms with Crippen molar-refractivity contribution in [2.45, 2.75) is 6.42 Å². The zero-order chi connectivity index (χ0) is 15.7. The van der Waals surface area contributed by atoms with Gasteiger partial charge in [-0.25, -0.2) is 14.4 Å². The van der Waals surface area contributed by atoms with Crippen LogP contribution in [0.2, 0.25) is 0 Å². The Morgan fingerprint density at radius 3 is 2.68 bits per heavy atom. The summed E-state index contributed by atoms with van der Waals surface area (Å²) in [6.45, 7) is 0.561. The Hall–Kier alpha value is -2.70. The minimum absolute atomic E-state index is 0.00163. The van der Waals surface area contributed by atoms with Crippen molar-refractivity contribution in [2.24, 2.45) is 4.99 Å². The topological polar surface area (TPSA) is 82.6 Å². The van der Waals surface area contributed by atoms with Crippen LogP contribution in [0.15, 0.2) is 17.1 Å². The molecular weight excluding hydrogens is 287 g/mol. The number of rotatable bonds is 3. The van der Waals surface area contributed by atoms with Crippen LogP contribution in [-0.4, -0.2) is 36.9 Å². The average Bonchev–Trinajstić information content (AvgIpc) is 2.56. The van der Waals surface area contributed by atoms with Gasteiger partial charge in [0.25, 0.3) is 0 Å². The highest BCUT2D eigenvalue weighted by molar-refractivity contribution is 5.93. The second-order valence-corrected chi connectivity index (χ2v) is 4.74. The highest BCUT2D eigenvalue weighted by Gasteiger charge is 2.20. The number of allylic oxidation sites excluding steroid dienone is 1. The van der Waals surface area contributed by atoms with E-state index < -0.39 is 5.82 Å². The van der Waals surface area contributed by atoms with Gasteiger partial charge in [0.2, 0.25) is 0 Å². The molecule has 0 bridgehead atoms. The zero-order valence-electron chi connectivity index (χ0n) is 12.3. The summed E-state index contributed by atoms with van der Waals surface area (Å²) in [6, 6.07) is 1.58. The van der Waals surface area contributed by atoms with Crippen molar-refractivity contribution in [1.82, 2.24) is 9.97 Å². The van der Waals surface area contributed by atoms with E-state index in [9.17, 15) is 4.39 Å². The molecule has 7 heteroatoms. The summed E-state index contributed by atoms with van der Waals surface area (Å²) in [6.07, 6.45) is 4.28. The molecule has 1 aliphatic heterocycles. The molecule has 0 unspecified atom stereocenters. The first-order chi connectivity index (χ1) is 10.7. The van der Waals surface area contributed by atoms with E-state index >= 15 is 0 Å². The van der Waals surface area contributed by atoms with Gasteiger partial charge in [-0.3, -0.25) is 4.99 Å². The molecule has 2 aromatic rings. The van der Waals surface area contributed by atoms with E-state index in [2.05, 4.69) is 15.0 Å². The van der Waals surface area contributed by atoms with Crippen LogP contribution in [0.3, 0.4) is 0 Å². The Morgan fingerprint density at radius 1 is 1.23 bits per heavy atom. The molecule has 22 heavy (non-hydrogen) atoms. The van der Waals surface area contributed by atoms with Crippen LogP contribution in [0.4, 0.5) is 10.2 Å². The number of benzene rings is 1. The molecule has 114 valence electrons. The van der Waals surface area contributed by atoms with Gasteiger partial charge >= 0.3 is 0 Å². The lowest BCUT2D eigenvalue weighted by molar-refractivity contribution is 0.339. The predicted octanol–water partition coefficient (Wildman–Crippen LogP) is 2.23. The smallest absolute Gasteiger partial charge is 0.199 e. The average molecular weight is 302 g/mol. The van der Waals surface area contributed by atoms with E-state index in [1.807, 2.05) is 6.08 Å². The Bertz CT molecular complexity index is 802. The number of aromatic nitrogens is 2. The van der Waals surface area contributed by atoms with Gasteiger partial charge in [-0.05, 0) is 6.07 Å². The molecule has 0 saturated carbocycles. The SMILES string of the molecule is COc1cc2c(N)nc(C3=CCN=CC3)nc2c(F)c1OC.